The molecule has 19 heavy (non-hydrogen) atoms. The standard InChI is InChI=1S/C14H21FN2O2/c1-10(2)7-17(9-14(16)19)8-13(18)11-3-5-12(15)6-4-11/h3-6,10,13,18H,7-9H2,1-2H3,(H2,16,19). The van der Waals surface area contributed by atoms with E-state index in [1.54, 1.807) is 4.90 Å². The SMILES string of the molecule is CC(C)CN(CC(N)=O)CC(O)c1ccc(F)cc1. The van der Waals surface area contributed by atoms with Gasteiger partial charge in [0.1, 0.15) is 5.82 Å². The minimum atomic E-state index is -0.765. The number of carbonyl (C=O) groups excluding carboxylic acids is 1. The Morgan fingerprint density at radius 3 is 2.37 bits per heavy atom. The first-order valence-electron chi connectivity index (χ1n) is 6.32. The zero-order valence-electron chi connectivity index (χ0n) is 11.3. The summed E-state index contributed by atoms with van der Waals surface area (Å²) in [5.41, 5.74) is 5.82. The first kappa shape index (κ1) is 15.6. The van der Waals surface area contributed by atoms with E-state index in [4.69, 9.17) is 5.73 Å². The molecule has 0 heterocycles. The van der Waals surface area contributed by atoms with Crippen molar-refractivity contribution in [2.45, 2.75) is 20.0 Å². The van der Waals surface area contributed by atoms with Crippen LogP contribution in [0.1, 0.15) is 25.5 Å². The number of hydrogen-bond donors (Lipinski definition) is 2. The highest BCUT2D eigenvalue weighted by Gasteiger charge is 2.16. The predicted octanol–water partition coefficient (Wildman–Crippen LogP) is 1.30. The van der Waals surface area contributed by atoms with Crippen molar-refractivity contribution in [3.8, 4) is 0 Å². The maximum atomic E-state index is 12.8. The Bertz CT molecular complexity index is 406. The molecular formula is C14H21FN2O2. The summed E-state index contributed by atoms with van der Waals surface area (Å²) in [7, 11) is 0. The molecular weight excluding hydrogens is 247 g/mol. The van der Waals surface area contributed by atoms with Crippen molar-refractivity contribution in [2.24, 2.45) is 11.7 Å². The van der Waals surface area contributed by atoms with Gasteiger partial charge in [0.15, 0.2) is 0 Å². The average Bonchev–Trinajstić information content (AvgIpc) is 2.27. The van der Waals surface area contributed by atoms with Crippen LogP contribution in [0.15, 0.2) is 24.3 Å². The molecule has 1 atom stereocenters. The number of amides is 1. The summed E-state index contributed by atoms with van der Waals surface area (Å²) in [5.74, 6) is -0.404. The molecule has 0 bridgehead atoms. The Balaban J connectivity index is 2.66. The van der Waals surface area contributed by atoms with Crippen molar-refractivity contribution in [3.63, 3.8) is 0 Å². The molecule has 0 saturated carbocycles. The van der Waals surface area contributed by atoms with Crippen LogP contribution in [-0.2, 0) is 4.79 Å². The van der Waals surface area contributed by atoms with Crippen LogP contribution >= 0.6 is 0 Å². The monoisotopic (exact) mass is 268 g/mol. The molecule has 0 fully saturated rings. The highest BCUT2D eigenvalue weighted by molar-refractivity contribution is 5.75. The molecule has 1 aromatic carbocycles. The number of aliphatic hydroxyl groups excluding tert-OH is 1. The Morgan fingerprint density at radius 1 is 1.32 bits per heavy atom. The van der Waals surface area contributed by atoms with Crippen LogP contribution < -0.4 is 5.73 Å². The van der Waals surface area contributed by atoms with Crippen LogP contribution in [0.25, 0.3) is 0 Å². The van der Waals surface area contributed by atoms with Gasteiger partial charge in [-0.25, -0.2) is 4.39 Å². The van der Waals surface area contributed by atoms with E-state index in [9.17, 15) is 14.3 Å². The lowest BCUT2D eigenvalue weighted by atomic mass is 10.1. The predicted molar refractivity (Wildman–Crippen MR) is 71.8 cm³/mol. The van der Waals surface area contributed by atoms with Gasteiger partial charge in [0.25, 0.3) is 0 Å². The largest absolute Gasteiger partial charge is 0.387 e. The third-order valence-electron chi connectivity index (χ3n) is 2.69. The summed E-state index contributed by atoms with van der Waals surface area (Å²) in [6.07, 6.45) is -0.765. The van der Waals surface area contributed by atoms with Gasteiger partial charge in [-0.15, -0.1) is 0 Å². The van der Waals surface area contributed by atoms with E-state index >= 15 is 0 Å². The fraction of sp³-hybridized carbons (Fsp3) is 0.500. The smallest absolute Gasteiger partial charge is 0.231 e. The molecule has 5 heteroatoms. The molecule has 106 valence electrons. The highest BCUT2D eigenvalue weighted by atomic mass is 19.1. The van der Waals surface area contributed by atoms with Gasteiger partial charge in [-0.3, -0.25) is 9.69 Å². The number of nitrogens with two attached hydrogens (primary N) is 1. The lowest BCUT2D eigenvalue weighted by Crippen LogP contribution is -2.38. The van der Waals surface area contributed by atoms with Crippen molar-refractivity contribution < 1.29 is 14.3 Å². The molecule has 0 radical (unpaired) electrons. The maximum Gasteiger partial charge on any atom is 0.231 e. The minimum absolute atomic E-state index is 0.108. The van der Waals surface area contributed by atoms with E-state index in [1.807, 2.05) is 13.8 Å². The third kappa shape index (κ3) is 5.81. The van der Waals surface area contributed by atoms with Crippen LogP contribution in [0.2, 0.25) is 0 Å². The second-order valence-electron chi connectivity index (χ2n) is 5.12. The quantitative estimate of drug-likeness (QED) is 0.783. The van der Waals surface area contributed by atoms with E-state index in [2.05, 4.69) is 0 Å². The number of benzene rings is 1. The molecule has 1 amide bonds. The minimum Gasteiger partial charge on any atom is -0.387 e. The molecule has 4 nitrogen and oxygen atoms in total. The number of nitrogens with zero attached hydrogens (tertiary/aromatic N) is 1. The molecule has 0 spiro atoms. The zero-order valence-corrected chi connectivity index (χ0v) is 11.3. The second-order valence-corrected chi connectivity index (χ2v) is 5.12. The number of carbonyl (C=O) groups is 1. The topological polar surface area (TPSA) is 66.6 Å². The summed E-state index contributed by atoms with van der Waals surface area (Å²) in [6, 6.07) is 5.69. The lowest BCUT2D eigenvalue weighted by Gasteiger charge is -2.25. The number of hydrogen-bond acceptors (Lipinski definition) is 3. The summed E-state index contributed by atoms with van der Waals surface area (Å²) in [6.45, 7) is 5.13. The fourth-order valence-electron chi connectivity index (χ4n) is 1.98. The van der Waals surface area contributed by atoms with E-state index in [0.29, 0.717) is 24.6 Å². The van der Waals surface area contributed by atoms with Crippen molar-refractivity contribution in [2.75, 3.05) is 19.6 Å². The highest BCUT2D eigenvalue weighted by Crippen LogP contribution is 2.15. The normalized spacial score (nSPS) is 12.9. The van der Waals surface area contributed by atoms with E-state index in [0.717, 1.165) is 0 Å². The molecule has 0 aliphatic rings. The first-order chi connectivity index (χ1) is 8.88. The molecule has 3 N–H and O–H groups in total. The van der Waals surface area contributed by atoms with E-state index in [1.165, 1.54) is 24.3 Å². The number of primary amides is 1. The number of aliphatic hydroxyl groups is 1. The second kappa shape index (κ2) is 7.21. The summed E-state index contributed by atoms with van der Waals surface area (Å²) >= 11 is 0. The maximum absolute atomic E-state index is 12.8. The van der Waals surface area contributed by atoms with Crippen molar-refractivity contribution in [1.82, 2.24) is 4.90 Å². The van der Waals surface area contributed by atoms with Crippen molar-refractivity contribution in [3.05, 3.63) is 35.6 Å². The van der Waals surface area contributed by atoms with Gasteiger partial charge in [-0.2, -0.15) is 0 Å². The van der Waals surface area contributed by atoms with Crippen LogP contribution in [0.3, 0.4) is 0 Å². The summed E-state index contributed by atoms with van der Waals surface area (Å²) in [5, 5.41) is 10.1. The zero-order chi connectivity index (χ0) is 14.4. The van der Waals surface area contributed by atoms with Gasteiger partial charge in [0.05, 0.1) is 12.6 Å². The Hall–Kier alpha value is -1.46. The van der Waals surface area contributed by atoms with E-state index in [-0.39, 0.29) is 12.4 Å². The Morgan fingerprint density at radius 2 is 1.89 bits per heavy atom. The van der Waals surface area contributed by atoms with Gasteiger partial charge < -0.3 is 10.8 Å². The summed E-state index contributed by atoms with van der Waals surface area (Å²) in [4.78, 5) is 12.8. The van der Waals surface area contributed by atoms with Crippen molar-refractivity contribution >= 4 is 5.91 Å². The van der Waals surface area contributed by atoms with Crippen LogP contribution in [0, 0.1) is 11.7 Å². The van der Waals surface area contributed by atoms with Gasteiger partial charge in [-0.1, -0.05) is 26.0 Å². The molecule has 1 unspecified atom stereocenters. The van der Waals surface area contributed by atoms with Gasteiger partial charge in [0, 0.05) is 13.1 Å². The lowest BCUT2D eigenvalue weighted by molar-refractivity contribution is -0.119. The molecule has 0 aromatic heterocycles. The third-order valence-corrected chi connectivity index (χ3v) is 2.69. The summed E-state index contributed by atoms with van der Waals surface area (Å²) < 4.78 is 12.8. The van der Waals surface area contributed by atoms with Gasteiger partial charge in [0.2, 0.25) is 5.91 Å². The van der Waals surface area contributed by atoms with E-state index < -0.39 is 12.0 Å². The molecule has 1 aromatic rings. The molecule has 0 aliphatic carbocycles. The Labute approximate surface area is 113 Å². The molecule has 0 saturated heterocycles. The first-order valence-corrected chi connectivity index (χ1v) is 6.32. The number of rotatable bonds is 7. The fourth-order valence-corrected chi connectivity index (χ4v) is 1.98. The van der Waals surface area contributed by atoms with Crippen LogP contribution in [-0.4, -0.2) is 35.5 Å². The molecule has 0 aliphatic heterocycles. The number of halogens is 1. The van der Waals surface area contributed by atoms with Crippen LogP contribution in [0.5, 0.6) is 0 Å². The average molecular weight is 268 g/mol. The molecule has 1 rings (SSSR count). The Kier molecular flexibility index (Phi) is 5.92. The van der Waals surface area contributed by atoms with Gasteiger partial charge >= 0.3 is 0 Å². The van der Waals surface area contributed by atoms with Crippen molar-refractivity contribution in [1.29, 1.82) is 0 Å². The van der Waals surface area contributed by atoms with Crippen LogP contribution in [0.4, 0.5) is 4.39 Å². The van der Waals surface area contributed by atoms with Gasteiger partial charge in [-0.05, 0) is 23.6 Å².